The van der Waals surface area contributed by atoms with Crippen LogP contribution in [0, 0.1) is 19.8 Å². The molecule has 9 heteroatoms. The standard InChI is InChI=1S/C20H25N5O4/c1-10(2)15(18(26)22-6)9-13(5)29-16-11(3)7-14(8-12(16)4)25-20(28)23-19(27)17(21)24-25/h7-10H,5H2,1-4,6H3,(H2,21,24)(H,22,26)(H,23,27,28)/b15-9-. The van der Waals surface area contributed by atoms with Gasteiger partial charge >= 0.3 is 5.69 Å². The summed E-state index contributed by atoms with van der Waals surface area (Å²) in [6.45, 7) is 11.3. The number of amides is 1. The van der Waals surface area contributed by atoms with E-state index in [1.807, 2.05) is 13.8 Å². The van der Waals surface area contributed by atoms with Crippen molar-refractivity contribution in [1.29, 1.82) is 0 Å². The molecule has 1 aromatic heterocycles. The van der Waals surface area contributed by atoms with Gasteiger partial charge < -0.3 is 15.8 Å². The zero-order chi connectivity index (χ0) is 21.9. The van der Waals surface area contributed by atoms with Crippen LogP contribution in [0.3, 0.4) is 0 Å². The van der Waals surface area contributed by atoms with Crippen molar-refractivity contribution in [3.05, 3.63) is 68.1 Å². The lowest BCUT2D eigenvalue weighted by atomic mass is 10.0. The molecule has 0 radical (unpaired) electrons. The number of aromatic nitrogens is 3. The molecule has 0 fully saturated rings. The number of allylic oxidation sites excluding steroid dienone is 1. The molecule has 2 rings (SSSR count). The van der Waals surface area contributed by atoms with Crippen LogP contribution in [0.15, 0.2) is 45.7 Å². The van der Waals surface area contributed by atoms with Gasteiger partial charge in [-0.1, -0.05) is 20.4 Å². The number of likely N-dealkylation sites (N-methyl/N-ethyl adjacent to an activating group) is 1. The molecule has 0 unspecified atom stereocenters. The maximum atomic E-state index is 12.1. The Balaban J connectivity index is 2.41. The third-order valence-corrected chi connectivity index (χ3v) is 4.20. The van der Waals surface area contributed by atoms with Gasteiger partial charge in [0.2, 0.25) is 11.7 Å². The average molecular weight is 399 g/mol. The van der Waals surface area contributed by atoms with Gasteiger partial charge in [-0.25, -0.2) is 4.79 Å². The first-order valence-electron chi connectivity index (χ1n) is 8.96. The summed E-state index contributed by atoms with van der Waals surface area (Å²) >= 11 is 0. The van der Waals surface area contributed by atoms with Crippen molar-refractivity contribution in [2.24, 2.45) is 5.92 Å². The van der Waals surface area contributed by atoms with E-state index in [9.17, 15) is 14.4 Å². The minimum Gasteiger partial charge on any atom is -0.457 e. The predicted octanol–water partition coefficient (Wildman–Crippen LogP) is 1.34. The molecular weight excluding hydrogens is 374 g/mol. The van der Waals surface area contributed by atoms with Gasteiger partial charge in [0.15, 0.2) is 0 Å². The summed E-state index contributed by atoms with van der Waals surface area (Å²) in [5.74, 6) is 0.326. The smallest absolute Gasteiger partial charge is 0.349 e. The molecule has 0 saturated heterocycles. The second-order valence-corrected chi connectivity index (χ2v) is 6.87. The van der Waals surface area contributed by atoms with E-state index in [1.54, 1.807) is 39.1 Å². The highest BCUT2D eigenvalue weighted by molar-refractivity contribution is 5.94. The Morgan fingerprint density at radius 2 is 1.90 bits per heavy atom. The molecule has 0 aliphatic heterocycles. The quantitative estimate of drug-likeness (QED) is 0.381. The molecule has 0 saturated carbocycles. The van der Waals surface area contributed by atoms with E-state index < -0.39 is 11.2 Å². The molecule has 0 aliphatic rings. The number of benzene rings is 1. The maximum absolute atomic E-state index is 12.1. The Morgan fingerprint density at radius 3 is 2.41 bits per heavy atom. The lowest BCUT2D eigenvalue weighted by molar-refractivity contribution is -0.117. The number of nitrogens with two attached hydrogens (primary N) is 1. The Hall–Kier alpha value is -3.62. The van der Waals surface area contributed by atoms with Crippen LogP contribution < -0.4 is 27.0 Å². The zero-order valence-electron chi connectivity index (χ0n) is 17.1. The van der Waals surface area contributed by atoms with Crippen LogP contribution >= 0.6 is 0 Å². The molecule has 0 bridgehead atoms. The van der Waals surface area contributed by atoms with Crippen molar-refractivity contribution in [3.63, 3.8) is 0 Å². The number of carbonyl (C=O) groups is 1. The van der Waals surface area contributed by atoms with Crippen LogP contribution in [0.4, 0.5) is 5.82 Å². The van der Waals surface area contributed by atoms with E-state index in [0.717, 1.165) is 4.68 Å². The normalized spacial score (nSPS) is 11.4. The second kappa shape index (κ2) is 8.59. The van der Waals surface area contributed by atoms with Gasteiger partial charge in [0.25, 0.3) is 5.56 Å². The average Bonchev–Trinajstić information content (AvgIpc) is 2.64. The minimum atomic E-state index is -0.736. The number of carbonyl (C=O) groups excluding carboxylic acids is 1. The van der Waals surface area contributed by atoms with Crippen molar-refractivity contribution in [3.8, 4) is 11.4 Å². The van der Waals surface area contributed by atoms with Crippen molar-refractivity contribution in [2.45, 2.75) is 27.7 Å². The fourth-order valence-corrected chi connectivity index (χ4v) is 2.77. The summed E-state index contributed by atoms with van der Waals surface area (Å²) in [6, 6.07) is 3.35. The Morgan fingerprint density at radius 1 is 1.31 bits per heavy atom. The summed E-state index contributed by atoms with van der Waals surface area (Å²) in [5.41, 5.74) is 6.47. The molecular formula is C20H25N5O4. The largest absolute Gasteiger partial charge is 0.457 e. The first-order chi connectivity index (χ1) is 13.5. The fraction of sp³-hybridized carbons (Fsp3) is 0.300. The second-order valence-electron chi connectivity index (χ2n) is 6.87. The SMILES string of the molecule is C=C(/C=C(\C(=O)NC)C(C)C)Oc1c(C)cc(-n2nc(N)c(=O)[nH]c2=O)cc1C. The Kier molecular flexibility index (Phi) is 6.42. The molecule has 2 aromatic rings. The molecule has 9 nitrogen and oxygen atoms in total. The zero-order valence-corrected chi connectivity index (χ0v) is 17.1. The molecule has 29 heavy (non-hydrogen) atoms. The highest BCUT2D eigenvalue weighted by Gasteiger charge is 2.15. The number of rotatable bonds is 6. The molecule has 4 N–H and O–H groups in total. The van der Waals surface area contributed by atoms with Gasteiger partial charge in [0, 0.05) is 12.6 Å². The number of anilines is 1. The topological polar surface area (TPSA) is 132 Å². The van der Waals surface area contributed by atoms with Gasteiger partial charge in [-0.3, -0.25) is 14.6 Å². The first kappa shape index (κ1) is 21.7. The van der Waals surface area contributed by atoms with Gasteiger partial charge in [-0.2, -0.15) is 4.68 Å². The van der Waals surface area contributed by atoms with E-state index in [1.165, 1.54) is 0 Å². The van der Waals surface area contributed by atoms with Crippen LogP contribution in [0.1, 0.15) is 25.0 Å². The van der Waals surface area contributed by atoms with Gasteiger partial charge in [0.05, 0.1) is 5.69 Å². The number of hydrogen-bond donors (Lipinski definition) is 3. The highest BCUT2D eigenvalue weighted by Crippen LogP contribution is 2.28. The lowest BCUT2D eigenvalue weighted by Gasteiger charge is -2.16. The third-order valence-electron chi connectivity index (χ3n) is 4.20. The van der Waals surface area contributed by atoms with Crippen molar-refractivity contribution >= 4 is 11.7 Å². The van der Waals surface area contributed by atoms with Crippen LogP contribution in [0.5, 0.6) is 5.75 Å². The van der Waals surface area contributed by atoms with E-state index >= 15 is 0 Å². The number of ether oxygens (including phenoxy) is 1. The molecule has 0 spiro atoms. The highest BCUT2D eigenvalue weighted by atomic mass is 16.5. The molecule has 1 heterocycles. The summed E-state index contributed by atoms with van der Waals surface area (Å²) in [4.78, 5) is 37.6. The maximum Gasteiger partial charge on any atom is 0.349 e. The number of nitrogens with zero attached hydrogens (tertiary/aromatic N) is 2. The number of nitrogen functional groups attached to an aromatic ring is 1. The van der Waals surface area contributed by atoms with E-state index in [2.05, 4.69) is 22.0 Å². The van der Waals surface area contributed by atoms with Crippen molar-refractivity contribution in [1.82, 2.24) is 20.1 Å². The third kappa shape index (κ3) is 4.81. The Labute approximate surface area is 167 Å². The summed E-state index contributed by atoms with van der Waals surface area (Å²) in [6.07, 6.45) is 1.60. The predicted molar refractivity (Wildman–Crippen MR) is 111 cm³/mol. The Bertz CT molecular complexity index is 1090. The van der Waals surface area contributed by atoms with E-state index in [4.69, 9.17) is 10.5 Å². The molecule has 0 aliphatic carbocycles. The summed E-state index contributed by atoms with van der Waals surface area (Å²) < 4.78 is 6.89. The summed E-state index contributed by atoms with van der Waals surface area (Å²) in [7, 11) is 1.56. The van der Waals surface area contributed by atoms with Crippen LogP contribution in [0.2, 0.25) is 0 Å². The van der Waals surface area contributed by atoms with E-state index in [-0.39, 0.29) is 17.6 Å². The molecule has 1 aromatic carbocycles. The number of H-pyrrole nitrogens is 1. The van der Waals surface area contributed by atoms with Crippen molar-refractivity contribution < 1.29 is 9.53 Å². The minimum absolute atomic E-state index is 0.0106. The van der Waals surface area contributed by atoms with Crippen LogP contribution in [-0.4, -0.2) is 27.7 Å². The van der Waals surface area contributed by atoms with E-state index in [0.29, 0.717) is 33.9 Å². The molecule has 154 valence electrons. The van der Waals surface area contributed by atoms with Crippen LogP contribution in [0.25, 0.3) is 5.69 Å². The number of nitrogens with one attached hydrogen (secondary N) is 2. The van der Waals surface area contributed by atoms with Gasteiger partial charge in [-0.05, 0) is 49.1 Å². The van der Waals surface area contributed by atoms with Crippen molar-refractivity contribution in [2.75, 3.05) is 12.8 Å². The lowest BCUT2D eigenvalue weighted by Crippen LogP contribution is -2.33. The number of aryl methyl sites for hydroxylation is 2. The summed E-state index contributed by atoms with van der Waals surface area (Å²) in [5, 5.41) is 6.43. The number of hydrogen-bond acceptors (Lipinski definition) is 6. The first-order valence-corrected chi connectivity index (χ1v) is 8.96. The molecule has 0 atom stereocenters. The number of aromatic amines is 1. The fourth-order valence-electron chi connectivity index (χ4n) is 2.77. The van der Waals surface area contributed by atoms with Crippen LogP contribution in [-0.2, 0) is 4.79 Å². The molecule has 1 amide bonds. The van der Waals surface area contributed by atoms with Gasteiger partial charge in [-0.15, -0.1) is 5.10 Å². The van der Waals surface area contributed by atoms with Gasteiger partial charge in [0.1, 0.15) is 11.5 Å². The monoisotopic (exact) mass is 399 g/mol.